The second-order valence-electron chi connectivity index (χ2n) is 4.73. The molecule has 0 aliphatic carbocycles. The van der Waals surface area contributed by atoms with E-state index in [9.17, 15) is 9.59 Å². The van der Waals surface area contributed by atoms with Gasteiger partial charge in [0.15, 0.2) is 0 Å². The maximum Gasteiger partial charge on any atom is 0.338 e. The zero-order valence-corrected chi connectivity index (χ0v) is 12.1. The van der Waals surface area contributed by atoms with Gasteiger partial charge in [-0.3, -0.25) is 4.79 Å². The second-order valence-corrected chi connectivity index (χ2v) is 4.73. The van der Waals surface area contributed by atoms with E-state index in [1.54, 1.807) is 43.0 Å². The lowest BCUT2D eigenvalue weighted by molar-refractivity contribution is -0.136. The zero-order valence-electron chi connectivity index (χ0n) is 12.1. The van der Waals surface area contributed by atoms with E-state index in [1.165, 1.54) is 0 Å². The molecular weight excluding hydrogens is 272 g/mol. The maximum atomic E-state index is 11.9. The molecule has 112 valence electrons. The Labute approximate surface area is 123 Å². The smallest absolute Gasteiger partial charge is 0.338 e. The third-order valence-electron chi connectivity index (χ3n) is 2.65. The molecule has 0 aromatic heterocycles. The normalized spacial score (nSPS) is 10.0. The number of nitriles is 1. The van der Waals surface area contributed by atoms with Crippen molar-refractivity contribution in [1.29, 1.82) is 5.26 Å². The van der Waals surface area contributed by atoms with Crippen molar-refractivity contribution in [2.75, 3.05) is 18.0 Å². The number of carboxylic acid groups (broad SMARTS) is 1. The number of hydrogen-bond donors (Lipinski definition) is 1. The number of carbonyl (C=O) groups is 2. The van der Waals surface area contributed by atoms with E-state index in [0.29, 0.717) is 11.3 Å². The van der Waals surface area contributed by atoms with Crippen LogP contribution in [0, 0.1) is 11.3 Å². The van der Waals surface area contributed by atoms with Gasteiger partial charge >= 0.3 is 11.9 Å². The molecule has 0 aliphatic heterocycles. The van der Waals surface area contributed by atoms with Crippen LogP contribution < -0.4 is 4.90 Å². The van der Waals surface area contributed by atoms with Crippen LogP contribution in [0.5, 0.6) is 0 Å². The number of esters is 1. The van der Waals surface area contributed by atoms with Gasteiger partial charge in [0.05, 0.1) is 24.2 Å². The highest BCUT2D eigenvalue weighted by Crippen LogP contribution is 2.17. The van der Waals surface area contributed by atoms with Crippen molar-refractivity contribution >= 4 is 17.6 Å². The van der Waals surface area contributed by atoms with Crippen molar-refractivity contribution in [3.05, 3.63) is 29.8 Å². The van der Waals surface area contributed by atoms with Crippen LogP contribution >= 0.6 is 0 Å². The Balaban J connectivity index is 2.91. The quantitative estimate of drug-likeness (QED) is 0.610. The van der Waals surface area contributed by atoms with Gasteiger partial charge in [-0.2, -0.15) is 5.26 Å². The van der Waals surface area contributed by atoms with Crippen molar-refractivity contribution in [2.24, 2.45) is 0 Å². The van der Waals surface area contributed by atoms with Crippen LogP contribution in [0.3, 0.4) is 0 Å². The number of benzene rings is 1. The van der Waals surface area contributed by atoms with Crippen molar-refractivity contribution in [3.63, 3.8) is 0 Å². The molecule has 0 bridgehead atoms. The van der Waals surface area contributed by atoms with Crippen LogP contribution in [-0.4, -0.2) is 36.2 Å². The minimum absolute atomic E-state index is 0.0515. The SMILES string of the molecule is CC(C)OC(=O)c1cccc(N(CC#N)CCC(=O)O)c1. The summed E-state index contributed by atoms with van der Waals surface area (Å²) in [5.41, 5.74) is 0.996. The van der Waals surface area contributed by atoms with Gasteiger partial charge in [0.25, 0.3) is 0 Å². The molecule has 0 aliphatic rings. The van der Waals surface area contributed by atoms with E-state index < -0.39 is 11.9 Å². The lowest BCUT2D eigenvalue weighted by atomic mass is 10.2. The van der Waals surface area contributed by atoms with Crippen molar-refractivity contribution in [1.82, 2.24) is 0 Å². The molecule has 0 spiro atoms. The minimum atomic E-state index is -0.937. The second kappa shape index (κ2) is 7.90. The molecule has 0 heterocycles. The fraction of sp³-hybridized carbons (Fsp3) is 0.400. The highest BCUT2D eigenvalue weighted by molar-refractivity contribution is 5.90. The van der Waals surface area contributed by atoms with Gasteiger partial charge in [0.1, 0.15) is 6.54 Å². The summed E-state index contributed by atoms with van der Waals surface area (Å²) in [6.45, 7) is 3.77. The Kier molecular flexibility index (Phi) is 6.21. The number of aliphatic carboxylic acids is 1. The molecule has 21 heavy (non-hydrogen) atoms. The molecule has 0 saturated heterocycles. The Bertz CT molecular complexity index is 549. The van der Waals surface area contributed by atoms with E-state index in [4.69, 9.17) is 15.1 Å². The van der Waals surface area contributed by atoms with E-state index in [0.717, 1.165) is 0 Å². The van der Waals surface area contributed by atoms with E-state index in [1.807, 2.05) is 6.07 Å². The highest BCUT2D eigenvalue weighted by Gasteiger charge is 2.13. The third kappa shape index (κ3) is 5.53. The lowest BCUT2D eigenvalue weighted by Gasteiger charge is -2.21. The lowest BCUT2D eigenvalue weighted by Crippen LogP contribution is -2.26. The van der Waals surface area contributed by atoms with Crippen LogP contribution in [0.25, 0.3) is 0 Å². The summed E-state index contributed by atoms with van der Waals surface area (Å²) in [4.78, 5) is 24.1. The van der Waals surface area contributed by atoms with Gasteiger partial charge in [-0.05, 0) is 32.0 Å². The van der Waals surface area contributed by atoms with Crippen LogP contribution in [0.4, 0.5) is 5.69 Å². The van der Waals surface area contributed by atoms with Gasteiger partial charge in [0.2, 0.25) is 0 Å². The Morgan fingerprint density at radius 3 is 2.71 bits per heavy atom. The summed E-state index contributed by atoms with van der Waals surface area (Å²) in [5.74, 6) is -1.38. The largest absolute Gasteiger partial charge is 0.481 e. The van der Waals surface area contributed by atoms with Crippen molar-refractivity contribution in [3.8, 4) is 6.07 Å². The molecule has 0 saturated carbocycles. The van der Waals surface area contributed by atoms with Gasteiger partial charge in [-0.25, -0.2) is 4.79 Å². The number of nitrogens with zero attached hydrogens (tertiary/aromatic N) is 2. The van der Waals surface area contributed by atoms with Gasteiger partial charge in [-0.15, -0.1) is 0 Å². The predicted octanol–water partition coefficient (Wildman–Crippen LogP) is 2.06. The minimum Gasteiger partial charge on any atom is -0.481 e. The number of carboxylic acids is 1. The molecule has 6 nitrogen and oxygen atoms in total. The summed E-state index contributed by atoms with van der Waals surface area (Å²) in [5, 5.41) is 17.6. The standard InChI is InChI=1S/C15H18N2O4/c1-11(2)21-15(20)12-4-3-5-13(10-12)17(9-7-16)8-6-14(18)19/h3-5,10-11H,6,8-9H2,1-2H3,(H,18,19). The molecule has 0 atom stereocenters. The summed E-state index contributed by atoms with van der Waals surface area (Å²) >= 11 is 0. The average molecular weight is 290 g/mol. The summed E-state index contributed by atoms with van der Waals surface area (Å²) in [6, 6.07) is 8.62. The number of ether oxygens (including phenoxy) is 1. The number of rotatable bonds is 7. The molecule has 6 heteroatoms. The molecule has 0 amide bonds. The maximum absolute atomic E-state index is 11.9. The van der Waals surface area contributed by atoms with E-state index >= 15 is 0 Å². The fourth-order valence-corrected chi connectivity index (χ4v) is 1.73. The van der Waals surface area contributed by atoms with Crippen LogP contribution in [0.15, 0.2) is 24.3 Å². The number of carbonyl (C=O) groups excluding carboxylic acids is 1. The van der Waals surface area contributed by atoms with Crippen molar-refractivity contribution in [2.45, 2.75) is 26.4 Å². The number of anilines is 1. The van der Waals surface area contributed by atoms with Crippen molar-refractivity contribution < 1.29 is 19.4 Å². The van der Waals surface area contributed by atoms with Crippen LogP contribution in [0.1, 0.15) is 30.6 Å². The highest BCUT2D eigenvalue weighted by atomic mass is 16.5. The topological polar surface area (TPSA) is 90.6 Å². The van der Waals surface area contributed by atoms with Crippen LogP contribution in [-0.2, 0) is 9.53 Å². The zero-order chi connectivity index (χ0) is 15.8. The Morgan fingerprint density at radius 2 is 2.14 bits per heavy atom. The number of hydrogen-bond acceptors (Lipinski definition) is 5. The van der Waals surface area contributed by atoms with E-state index in [-0.39, 0.29) is 25.6 Å². The molecule has 1 N–H and O–H groups in total. The van der Waals surface area contributed by atoms with Gasteiger partial charge in [-0.1, -0.05) is 6.07 Å². The molecular formula is C15H18N2O4. The molecule has 0 radical (unpaired) electrons. The first-order valence-electron chi connectivity index (χ1n) is 6.58. The molecule has 0 fully saturated rings. The molecule has 1 rings (SSSR count). The third-order valence-corrected chi connectivity index (χ3v) is 2.65. The first-order valence-corrected chi connectivity index (χ1v) is 6.58. The monoisotopic (exact) mass is 290 g/mol. The fourth-order valence-electron chi connectivity index (χ4n) is 1.73. The molecule has 1 aromatic carbocycles. The first-order chi connectivity index (χ1) is 9.93. The summed E-state index contributed by atoms with van der Waals surface area (Å²) < 4.78 is 5.11. The predicted molar refractivity (Wildman–Crippen MR) is 77.1 cm³/mol. The van der Waals surface area contributed by atoms with Crippen LogP contribution in [0.2, 0.25) is 0 Å². The average Bonchev–Trinajstić information content (AvgIpc) is 2.42. The van der Waals surface area contributed by atoms with E-state index in [2.05, 4.69) is 0 Å². The summed E-state index contributed by atoms with van der Waals surface area (Å²) in [6.07, 6.45) is -0.300. The molecule has 1 aromatic rings. The summed E-state index contributed by atoms with van der Waals surface area (Å²) in [7, 11) is 0. The molecule has 0 unspecified atom stereocenters. The Hall–Kier alpha value is -2.55. The van der Waals surface area contributed by atoms with Gasteiger partial charge < -0.3 is 14.7 Å². The Morgan fingerprint density at radius 1 is 1.43 bits per heavy atom. The van der Waals surface area contributed by atoms with Gasteiger partial charge in [0, 0.05) is 12.2 Å². The first kappa shape index (κ1) is 16.5.